The van der Waals surface area contributed by atoms with Crippen LogP contribution in [0.15, 0.2) is 22.8 Å². The number of carbonyl (C=O) groups excluding carboxylic acids is 1. The minimum atomic E-state index is 0.135. The maximum atomic E-state index is 13.1. The van der Waals surface area contributed by atoms with Crippen LogP contribution in [-0.4, -0.2) is 33.3 Å². The fourth-order valence-corrected chi connectivity index (χ4v) is 3.47. The molecule has 0 spiro atoms. The number of pyridine rings is 1. The minimum absolute atomic E-state index is 0.135. The lowest BCUT2D eigenvalue weighted by molar-refractivity contribution is 0.0753. The molecule has 4 nitrogen and oxygen atoms in total. The van der Waals surface area contributed by atoms with Gasteiger partial charge in [-0.05, 0) is 47.3 Å². The lowest BCUT2D eigenvalue weighted by atomic mass is 10.2. The van der Waals surface area contributed by atoms with E-state index < -0.39 is 0 Å². The van der Waals surface area contributed by atoms with Gasteiger partial charge in [-0.2, -0.15) is 0 Å². The van der Waals surface area contributed by atoms with Gasteiger partial charge in [0.1, 0.15) is 11.3 Å². The summed E-state index contributed by atoms with van der Waals surface area (Å²) in [4.78, 5) is 19.8. The van der Waals surface area contributed by atoms with Crippen LogP contribution in [0, 0.1) is 0 Å². The van der Waals surface area contributed by atoms with E-state index in [0.717, 1.165) is 60.3 Å². The molecule has 3 heterocycles. The number of aromatic nitrogens is 2. The van der Waals surface area contributed by atoms with Crippen LogP contribution in [0.4, 0.5) is 0 Å². The number of hydrogen-bond donors (Lipinski definition) is 0. The summed E-state index contributed by atoms with van der Waals surface area (Å²) in [7, 11) is 0. The summed E-state index contributed by atoms with van der Waals surface area (Å²) in [6.45, 7) is 3.86. The topological polar surface area (TPSA) is 37.6 Å². The van der Waals surface area contributed by atoms with Crippen molar-refractivity contribution in [2.24, 2.45) is 0 Å². The van der Waals surface area contributed by atoms with E-state index in [9.17, 15) is 4.79 Å². The molecule has 2 aromatic rings. The standard InChI is InChI=1S/C17H22BrN3O/c1-2-7-14-16(17(22)20-10-5-3-4-6-11-20)21-12-13(18)8-9-15(21)19-14/h8-9,12H,2-7,10-11H2,1H3. The predicted molar refractivity (Wildman–Crippen MR) is 91.3 cm³/mol. The Balaban J connectivity index is 2.04. The number of amides is 1. The zero-order chi connectivity index (χ0) is 15.5. The van der Waals surface area contributed by atoms with Gasteiger partial charge in [-0.25, -0.2) is 4.98 Å². The van der Waals surface area contributed by atoms with Crippen LogP contribution in [0.25, 0.3) is 5.65 Å². The highest BCUT2D eigenvalue weighted by atomic mass is 79.9. The van der Waals surface area contributed by atoms with Crippen molar-refractivity contribution in [1.82, 2.24) is 14.3 Å². The maximum Gasteiger partial charge on any atom is 0.272 e. The van der Waals surface area contributed by atoms with Crippen LogP contribution in [0.1, 0.15) is 55.2 Å². The second-order valence-corrected chi connectivity index (χ2v) is 6.85. The van der Waals surface area contributed by atoms with Gasteiger partial charge < -0.3 is 4.90 Å². The van der Waals surface area contributed by atoms with E-state index in [4.69, 9.17) is 0 Å². The van der Waals surface area contributed by atoms with Gasteiger partial charge in [0.2, 0.25) is 0 Å². The van der Waals surface area contributed by atoms with E-state index in [-0.39, 0.29) is 5.91 Å². The molecule has 5 heteroatoms. The number of likely N-dealkylation sites (tertiary alicyclic amines) is 1. The molecule has 1 aliphatic heterocycles. The molecular formula is C17H22BrN3O. The van der Waals surface area contributed by atoms with Crippen molar-refractivity contribution < 1.29 is 4.79 Å². The Kier molecular flexibility index (Phi) is 4.81. The number of hydrogen-bond acceptors (Lipinski definition) is 2. The van der Waals surface area contributed by atoms with Gasteiger partial charge in [-0.1, -0.05) is 26.2 Å². The summed E-state index contributed by atoms with van der Waals surface area (Å²) in [6.07, 6.45) is 8.45. The Bertz CT molecular complexity index is 672. The van der Waals surface area contributed by atoms with Gasteiger partial charge in [0.25, 0.3) is 5.91 Å². The first kappa shape index (κ1) is 15.5. The Morgan fingerprint density at radius 2 is 1.95 bits per heavy atom. The van der Waals surface area contributed by atoms with Crippen LogP contribution in [0.3, 0.4) is 0 Å². The largest absolute Gasteiger partial charge is 0.337 e. The molecule has 0 aliphatic carbocycles. The zero-order valence-corrected chi connectivity index (χ0v) is 14.6. The third kappa shape index (κ3) is 3.05. The Morgan fingerprint density at radius 1 is 1.23 bits per heavy atom. The van der Waals surface area contributed by atoms with Crippen LogP contribution < -0.4 is 0 Å². The summed E-state index contributed by atoms with van der Waals surface area (Å²) >= 11 is 3.50. The number of fused-ring (bicyclic) bond motifs is 1. The summed E-state index contributed by atoms with van der Waals surface area (Å²) < 4.78 is 2.91. The van der Waals surface area contributed by atoms with Gasteiger partial charge in [0.05, 0.1) is 5.69 Å². The molecule has 22 heavy (non-hydrogen) atoms. The Morgan fingerprint density at radius 3 is 2.64 bits per heavy atom. The van der Waals surface area contributed by atoms with E-state index in [1.165, 1.54) is 12.8 Å². The second-order valence-electron chi connectivity index (χ2n) is 5.94. The van der Waals surface area contributed by atoms with E-state index in [1.54, 1.807) is 0 Å². The van der Waals surface area contributed by atoms with Gasteiger partial charge in [0, 0.05) is 23.8 Å². The minimum Gasteiger partial charge on any atom is -0.337 e. The number of nitrogens with zero attached hydrogens (tertiary/aromatic N) is 3. The zero-order valence-electron chi connectivity index (χ0n) is 13.0. The maximum absolute atomic E-state index is 13.1. The third-order valence-corrected chi connectivity index (χ3v) is 4.71. The molecule has 0 saturated carbocycles. The molecule has 2 aromatic heterocycles. The Labute approximate surface area is 139 Å². The molecule has 118 valence electrons. The van der Waals surface area contributed by atoms with E-state index in [2.05, 4.69) is 27.8 Å². The molecule has 3 rings (SSSR count). The summed E-state index contributed by atoms with van der Waals surface area (Å²) in [5, 5.41) is 0. The SMILES string of the molecule is CCCc1nc2ccc(Br)cn2c1C(=O)N1CCCCCC1. The molecule has 0 aromatic carbocycles. The first-order valence-corrected chi connectivity index (χ1v) is 8.95. The van der Waals surface area contributed by atoms with E-state index in [0.29, 0.717) is 0 Å². The smallest absolute Gasteiger partial charge is 0.272 e. The van der Waals surface area contributed by atoms with Crippen LogP contribution in [0.5, 0.6) is 0 Å². The third-order valence-electron chi connectivity index (χ3n) is 4.24. The van der Waals surface area contributed by atoms with E-state index in [1.807, 2.05) is 27.6 Å². The fourth-order valence-electron chi connectivity index (χ4n) is 3.13. The van der Waals surface area contributed by atoms with Gasteiger partial charge >= 0.3 is 0 Å². The predicted octanol–water partition coefficient (Wildman–Crippen LogP) is 4.07. The highest BCUT2D eigenvalue weighted by molar-refractivity contribution is 9.10. The van der Waals surface area contributed by atoms with Crippen molar-refractivity contribution in [3.63, 3.8) is 0 Å². The average molecular weight is 364 g/mol. The van der Waals surface area contributed by atoms with Crippen molar-refractivity contribution in [2.75, 3.05) is 13.1 Å². The number of imidazole rings is 1. The first-order valence-electron chi connectivity index (χ1n) is 8.16. The molecular weight excluding hydrogens is 342 g/mol. The normalized spacial score (nSPS) is 16.0. The van der Waals surface area contributed by atoms with E-state index >= 15 is 0 Å². The lowest BCUT2D eigenvalue weighted by Gasteiger charge is -2.20. The highest BCUT2D eigenvalue weighted by Crippen LogP contribution is 2.21. The molecule has 0 atom stereocenters. The number of rotatable bonds is 3. The monoisotopic (exact) mass is 363 g/mol. The van der Waals surface area contributed by atoms with Gasteiger partial charge in [0.15, 0.2) is 0 Å². The molecule has 1 amide bonds. The van der Waals surface area contributed by atoms with Gasteiger partial charge in [-0.15, -0.1) is 0 Å². The number of carbonyl (C=O) groups is 1. The highest BCUT2D eigenvalue weighted by Gasteiger charge is 2.24. The van der Waals surface area contributed by atoms with Crippen molar-refractivity contribution in [1.29, 1.82) is 0 Å². The van der Waals surface area contributed by atoms with Crippen molar-refractivity contribution in [3.8, 4) is 0 Å². The number of aryl methyl sites for hydroxylation is 1. The first-order chi connectivity index (χ1) is 10.7. The van der Waals surface area contributed by atoms with Crippen LogP contribution in [-0.2, 0) is 6.42 Å². The molecule has 0 N–H and O–H groups in total. The second kappa shape index (κ2) is 6.82. The van der Waals surface area contributed by atoms with Crippen molar-refractivity contribution >= 4 is 27.5 Å². The molecule has 1 fully saturated rings. The molecule has 0 unspecified atom stereocenters. The summed E-state index contributed by atoms with van der Waals surface area (Å²) in [6, 6.07) is 3.93. The van der Waals surface area contributed by atoms with Crippen LogP contribution in [0.2, 0.25) is 0 Å². The summed E-state index contributed by atoms with van der Waals surface area (Å²) in [5.74, 6) is 0.135. The quantitative estimate of drug-likeness (QED) is 0.824. The molecule has 1 saturated heterocycles. The van der Waals surface area contributed by atoms with Crippen molar-refractivity contribution in [3.05, 3.63) is 34.2 Å². The lowest BCUT2D eigenvalue weighted by Crippen LogP contribution is -2.33. The molecule has 0 bridgehead atoms. The number of halogens is 1. The average Bonchev–Trinajstić information content (AvgIpc) is 2.69. The molecule has 1 aliphatic rings. The Hall–Kier alpha value is -1.36. The fraction of sp³-hybridized carbons (Fsp3) is 0.529. The summed E-state index contributed by atoms with van der Waals surface area (Å²) in [5.41, 5.74) is 2.53. The van der Waals surface area contributed by atoms with Gasteiger partial charge in [-0.3, -0.25) is 9.20 Å². The van der Waals surface area contributed by atoms with Crippen LogP contribution >= 0.6 is 15.9 Å². The molecule has 0 radical (unpaired) electrons. The van der Waals surface area contributed by atoms with Crippen molar-refractivity contribution in [2.45, 2.75) is 45.4 Å².